The van der Waals surface area contributed by atoms with E-state index in [1.165, 1.54) is 7.11 Å². The zero-order valence-corrected chi connectivity index (χ0v) is 13.6. The summed E-state index contributed by atoms with van der Waals surface area (Å²) in [4.78, 5) is 0. The second-order valence-electron chi connectivity index (χ2n) is 4.72. The van der Waals surface area contributed by atoms with Crippen molar-refractivity contribution in [1.29, 1.82) is 0 Å². The molecule has 2 aromatic carbocycles. The van der Waals surface area contributed by atoms with Crippen LogP contribution in [-0.2, 0) is 0 Å². The summed E-state index contributed by atoms with van der Waals surface area (Å²) in [5.41, 5.74) is 1.73. The second kappa shape index (κ2) is 7.45. The van der Waals surface area contributed by atoms with Crippen molar-refractivity contribution in [2.24, 2.45) is 0 Å². The van der Waals surface area contributed by atoms with Gasteiger partial charge in [0.25, 0.3) is 0 Å². The van der Waals surface area contributed by atoms with Crippen molar-refractivity contribution >= 4 is 12.2 Å². The van der Waals surface area contributed by atoms with Gasteiger partial charge in [0.2, 0.25) is 5.75 Å². The van der Waals surface area contributed by atoms with Gasteiger partial charge in [0.05, 0.1) is 28.4 Å². The molecule has 0 radical (unpaired) electrons. The van der Waals surface area contributed by atoms with Crippen LogP contribution in [0.15, 0.2) is 30.3 Å². The van der Waals surface area contributed by atoms with Crippen LogP contribution < -0.4 is 18.9 Å². The molecule has 0 spiro atoms. The zero-order valence-electron chi connectivity index (χ0n) is 13.6. The van der Waals surface area contributed by atoms with Gasteiger partial charge in [-0.15, -0.1) is 0 Å². The highest BCUT2D eigenvalue weighted by Crippen LogP contribution is 2.38. The van der Waals surface area contributed by atoms with E-state index in [9.17, 15) is 5.11 Å². The lowest BCUT2D eigenvalue weighted by Crippen LogP contribution is -1.95. The number of phenolic OH excluding ortho intramolecular Hbond substituents is 1. The van der Waals surface area contributed by atoms with Crippen LogP contribution >= 0.6 is 0 Å². The fourth-order valence-electron chi connectivity index (χ4n) is 2.20. The first-order chi connectivity index (χ1) is 11.1. The lowest BCUT2D eigenvalue weighted by Gasteiger charge is -2.12. The Kier molecular flexibility index (Phi) is 5.36. The van der Waals surface area contributed by atoms with Gasteiger partial charge in [0.15, 0.2) is 23.0 Å². The lowest BCUT2D eigenvalue weighted by molar-refractivity contribution is 0.324. The predicted molar refractivity (Wildman–Crippen MR) is 89.7 cm³/mol. The molecule has 0 atom stereocenters. The Bertz CT molecular complexity index is 682. The van der Waals surface area contributed by atoms with E-state index in [1.807, 2.05) is 30.4 Å². The number of methoxy groups -OCH3 is 4. The highest BCUT2D eigenvalue weighted by atomic mass is 16.5. The smallest absolute Gasteiger partial charge is 0.203 e. The van der Waals surface area contributed by atoms with E-state index in [-0.39, 0.29) is 5.75 Å². The van der Waals surface area contributed by atoms with Crippen LogP contribution in [0.3, 0.4) is 0 Å². The van der Waals surface area contributed by atoms with Crippen molar-refractivity contribution < 1.29 is 24.1 Å². The van der Waals surface area contributed by atoms with Crippen LogP contribution in [0, 0.1) is 0 Å². The molecule has 0 saturated carbocycles. The van der Waals surface area contributed by atoms with E-state index in [2.05, 4.69) is 0 Å². The number of benzene rings is 2. The number of ether oxygens (including phenoxy) is 4. The fraction of sp³-hybridized carbons (Fsp3) is 0.222. The standard InChI is InChI=1S/C18H20O5/c1-20-15-8-7-12(9-14(15)19)5-6-13-10-16(21-2)18(23-4)17(11-13)22-3/h5-11,19H,1-4H3/b6-5+. The molecule has 23 heavy (non-hydrogen) atoms. The molecule has 0 fully saturated rings. The molecule has 1 N–H and O–H groups in total. The summed E-state index contributed by atoms with van der Waals surface area (Å²) in [6, 6.07) is 8.90. The lowest BCUT2D eigenvalue weighted by atomic mass is 10.1. The third kappa shape index (κ3) is 3.69. The molecule has 2 aromatic rings. The highest BCUT2D eigenvalue weighted by Gasteiger charge is 2.12. The Morgan fingerprint density at radius 2 is 1.26 bits per heavy atom. The summed E-state index contributed by atoms with van der Waals surface area (Å²) in [5, 5.41) is 9.81. The Labute approximate surface area is 135 Å². The first-order valence-electron chi connectivity index (χ1n) is 6.98. The predicted octanol–water partition coefficient (Wildman–Crippen LogP) is 3.60. The highest BCUT2D eigenvalue weighted by molar-refractivity contribution is 5.73. The molecular formula is C18H20O5. The quantitative estimate of drug-likeness (QED) is 0.825. The van der Waals surface area contributed by atoms with Gasteiger partial charge in [0, 0.05) is 0 Å². The van der Waals surface area contributed by atoms with Gasteiger partial charge < -0.3 is 24.1 Å². The average molecular weight is 316 g/mol. The van der Waals surface area contributed by atoms with Crippen LogP contribution in [0.1, 0.15) is 11.1 Å². The van der Waals surface area contributed by atoms with Crippen molar-refractivity contribution in [3.05, 3.63) is 41.5 Å². The van der Waals surface area contributed by atoms with Crippen LogP contribution in [0.4, 0.5) is 0 Å². The topological polar surface area (TPSA) is 57.2 Å². The molecule has 2 rings (SSSR count). The summed E-state index contributed by atoms with van der Waals surface area (Å²) in [6.07, 6.45) is 3.77. The van der Waals surface area contributed by atoms with Crippen LogP contribution in [0.25, 0.3) is 12.2 Å². The van der Waals surface area contributed by atoms with Crippen molar-refractivity contribution in [2.45, 2.75) is 0 Å². The van der Waals surface area contributed by atoms with E-state index in [0.29, 0.717) is 23.0 Å². The SMILES string of the molecule is COc1ccc(/C=C/c2cc(OC)c(OC)c(OC)c2)cc1O. The number of aromatic hydroxyl groups is 1. The number of hydrogen-bond donors (Lipinski definition) is 1. The van der Waals surface area contributed by atoms with Gasteiger partial charge in [-0.2, -0.15) is 0 Å². The Hall–Kier alpha value is -2.82. The van der Waals surface area contributed by atoms with Crippen LogP contribution in [0.2, 0.25) is 0 Å². The molecular weight excluding hydrogens is 296 g/mol. The first kappa shape index (κ1) is 16.5. The maximum atomic E-state index is 9.81. The third-order valence-corrected chi connectivity index (χ3v) is 3.36. The van der Waals surface area contributed by atoms with Gasteiger partial charge in [0.1, 0.15) is 0 Å². The van der Waals surface area contributed by atoms with E-state index in [1.54, 1.807) is 33.5 Å². The molecule has 0 saturated heterocycles. The second-order valence-corrected chi connectivity index (χ2v) is 4.72. The summed E-state index contributed by atoms with van der Waals surface area (Å²) in [5.74, 6) is 2.26. The molecule has 5 nitrogen and oxygen atoms in total. The largest absolute Gasteiger partial charge is 0.504 e. The van der Waals surface area contributed by atoms with Crippen molar-refractivity contribution in [1.82, 2.24) is 0 Å². The summed E-state index contributed by atoms with van der Waals surface area (Å²) < 4.78 is 21.0. The van der Waals surface area contributed by atoms with Gasteiger partial charge in [-0.25, -0.2) is 0 Å². The van der Waals surface area contributed by atoms with Crippen LogP contribution in [0.5, 0.6) is 28.7 Å². The zero-order chi connectivity index (χ0) is 16.8. The van der Waals surface area contributed by atoms with E-state index < -0.39 is 0 Å². The molecule has 5 heteroatoms. The van der Waals surface area contributed by atoms with Crippen LogP contribution in [-0.4, -0.2) is 33.5 Å². The number of phenols is 1. The summed E-state index contributed by atoms with van der Waals surface area (Å²) >= 11 is 0. The Morgan fingerprint density at radius 3 is 1.74 bits per heavy atom. The minimum absolute atomic E-state index is 0.0968. The third-order valence-electron chi connectivity index (χ3n) is 3.36. The maximum Gasteiger partial charge on any atom is 0.203 e. The molecule has 0 aromatic heterocycles. The summed E-state index contributed by atoms with van der Waals surface area (Å²) in [7, 11) is 6.23. The minimum Gasteiger partial charge on any atom is -0.504 e. The molecule has 0 bridgehead atoms. The molecule has 0 aliphatic carbocycles. The van der Waals surface area contributed by atoms with E-state index in [0.717, 1.165) is 11.1 Å². The van der Waals surface area contributed by atoms with Gasteiger partial charge in [-0.3, -0.25) is 0 Å². The van der Waals surface area contributed by atoms with Crippen molar-refractivity contribution in [2.75, 3.05) is 28.4 Å². The molecule has 0 unspecified atom stereocenters. The molecule has 0 heterocycles. The maximum absolute atomic E-state index is 9.81. The first-order valence-corrected chi connectivity index (χ1v) is 6.98. The Morgan fingerprint density at radius 1 is 0.696 bits per heavy atom. The molecule has 0 amide bonds. The molecule has 0 aliphatic rings. The van der Waals surface area contributed by atoms with Gasteiger partial charge in [-0.05, 0) is 35.4 Å². The molecule has 0 aliphatic heterocycles. The summed E-state index contributed by atoms with van der Waals surface area (Å²) in [6.45, 7) is 0. The van der Waals surface area contributed by atoms with Crippen molar-refractivity contribution in [3.63, 3.8) is 0 Å². The fourth-order valence-corrected chi connectivity index (χ4v) is 2.20. The number of hydrogen-bond acceptors (Lipinski definition) is 5. The van der Waals surface area contributed by atoms with Gasteiger partial charge in [-0.1, -0.05) is 18.2 Å². The van der Waals surface area contributed by atoms with E-state index in [4.69, 9.17) is 18.9 Å². The average Bonchev–Trinajstić information content (AvgIpc) is 2.58. The Balaban J connectivity index is 2.34. The minimum atomic E-state index is 0.0968. The normalized spacial score (nSPS) is 10.6. The van der Waals surface area contributed by atoms with Crippen molar-refractivity contribution in [3.8, 4) is 28.7 Å². The van der Waals surface area contributed by atoms with Gasteiger partial charge >= 0.3 is 0 Å². The van der Waals surface area contributed by atoms with E-state index >= 15 is 0 Å². The molecule has 122 valence electrons. The monoisotopic (exact) mass is 316 g/mol. The number of rotatable bonds is 6.